The molecular formula is C4H2N8O4. The van der Waals surface area contributed by atoms with Gasteiger partial charge in [-0.05, 0) is 20.3 Å². The summed E-state index contributed by atoms with van der Waals surface area (Å²) in [6.45, 7) is 0. The first-order valence-electron chi connectivity index (χ1n) is 3.72. The van der Waals surface area contributed by atoms with Gasteiger partial charge in [-0.2, -0.15) is 0 Å². The van der Waals surface area contributed by atoms with Crippen molar-refractivity contribution < 1.29 is 9.85 Å². The molecule has 0 fully saturated rings. The minimum atomic E-state index is -0.854. The maximum absolute atomic E-state index is 10.6. The Morgan fingerprint density at radius 2 is 2.06 bits per heavy atom. The smallest absolute Gasteiger partial charge is 0.358 e. The van der Waals surface area contributed by atoms with Crippen molar-refractivity contribution in [3.63, 3.8) is 0 Å². The Morgan fingerprint density at radius 3 is 2.56 bits per heavy atom. The third-order valence-corrected chi connectivity index (χ3v) is 1.59. The van der Waals surface area contributed by atoms with Crippen LogP contribution in [0.5, 0.6) is 0 Å². The lowest BCUT2D eigenvalue weighted by Gasteiger charge is -1.88. The summed E-state index contributed by atoms with van der Waals surface area (Å²) in [6.07, 6.45) is 0. The molecule has 0 aliphatic carbocycles. The number of aromatic amines is 1. The summed E-state index contributed by atoms with van der Waals surface area (Å²) in [7, 11) is 0. The van der Waals surface area contributed by atoms with Gasteiger partial charge >= 0.3 is 17.6 Å². The molecule has 0 bridgehead atoms. The maximum atomic E-state index is 10.6. The van der Waals surface area contributed by atoms with Crippen molar-refractivity contribution in [2.24, 2.45) is 0 Å². The van der Waals surface area contributed by atoms with Gasteiger partial charge < -0.3 is 20.2 Å². The maximum Gasteiger partial charge on any atom is 0.420 e. The van der Waals surface area contributed by atoms with Crippen molar-refractivity contribution in [1.29, 1.82) is 0 Å². The molecule has 0 atom stereocenters. The molecule has 0 amide bonds. The highest BCUT2D eigenvalue weighted by Crippen LogP contribution is 2.20. The Labute approximate surface area is 85.2 Å². The lowest BCUT2D eigenvalue weighted by molar-refractivity contribution is -0.394. The first kappa shape index (κ1) is 9.63. The predicted octanol–water partition coefficient (Wildman–Crippen LogP) is -0.798. The standard InChI is InChI=1S/C4H2N8O4/c13-11(14)2-1-3(12(15)16)10(7-2)4-5-8-9-6-4/h1H,(H,5,6,8,9). The van der Waals surface area contributed by atoms with Gasteiger partial charge in [-0.15, -0.1) is 0 Å². The Bertz CT molecular complexity index is 542. The molecule has 2 rings (SSSR count). The highest BCUT2D eigenvalue weighted by Gasteiger charge is 2.31. The molecule has 0 spiro atoms. The summed E-state index contributed by atoms with van der Waals surface area (Å²) in [5, 5.41) is 36.3. The van der Waals surface area contributed by atoms with Gasteiger partial charge in [-0.1, -0.05) is 5.10 Å². The van der Waals surface area contributed by atoms with Crippen LogP contribution >= 0.6 is 0 Å². The number of nitro groups is 2. The van der Waals surface area contributed by atoms with E-state index < -0.39 is 21.5 Å². The highest BCUT2D eigenvalue weighted by atomic mass is 16.6. The van der Waals surface area contributed by atoms with Crippen LogP contribution in [-0.4, -0.2) is 40.3 Å². The Hall–Kier alpha value is -2.92. The van der Waals surface area contributed by atoms with Gasteiger partial charge in [0.25, 0.3) is 0 Å². The topological polar surface area (TPSA) is 159 Å². The van der Waals surface area contributed by atoms with Gasteiger partial charge in [0.1, 0.15) is 6.07 Å². The van der Waals surface area contributed by atoms with Crippen LogP contribution in [0.3, 0.4) is 0 Å². The van der Waals surface area contributed by atoms with Crippen LogP contribution in [-0.2, 0) is 0 Å². The molecule has 0 saturated carbocycles. The van der Waals surface area contributed by atoms with Crippen molar-refractivity contribution in [3.05, 3.63) is 26.3 Å². The number of tetrazole rings is 1. The molecule has 2 aromatic heterocycles. The van der Waals surface area contributed by atoms with E-state index in [-0.39, 0.29) is 5.95 Å². The van der Waals surface area contributed by atoms with Gasteiger partial charge in [0.05, 0.1) is 0 Å². The van der Waals surface area contributed by atoms with Crippen molar-refractivity contribution >= 4 is 11.6 Å². The van der Waals surface area contributed by atoms with E-state index in [1.54, 1.807) is 0 Å². The summed E-state index contributed by atoms with van der Waals surface area (Å²) < 4.78 is 0.637. The number of nitrogens with one attached hydrogen (secondary N) is 1. The Kier molecular flexibility index (Phi) is 2.01. The molecule has 0 unspecified atom stereocenters. The van der Waals surface area contributed by atoms with E-state index in [2.05, 4.69) is 25.7 Å². The van der Waals surface area contributed by atoms with E-state index >= 15 is 0 Å². The van der Waals surface area contributed by atoms with E-state index in [1.165, 1.54) is 0 Å². The summed E-state index contributed by atoms with van der Waals surface area (Å²) >= 11 is 0. The molecule has 0 saturated heterocycles. The zero-order chi connectivity index (χ0) is 11.7. The Morgan fingerprint density at radius 1 is 1.31 bits per heavy atom. The van der Waals surface area contributed by atoms with E-state index in [1.807, 2.05) is 0 Å². The van der Waals surface area contributed by atoms with Crippen LogP contribution in [0.25, 0.3) is 5.95 Å². The van der Waals surface area contributed by atoms with Gasteiger partial charge in [-0.3, -0.25) is 0 Å². The number of hydrogen-bond acceptors (Lipinski definition) is 8. The lowest BCUT2D eigenvalue weighted by atomic mass is 10.6. The first-order chi connectivity index (χ1) is 7.59. The van der Waals surface area contributed by atoms with E-state index in [0.29, 0.717) is 10.7 Å². The average Bonchev–Trinajstić information content (AvgIpc) is 2.86. The molecule has 82 valence electrons. The van der Waals surface area contributed by atoms with Gasteiger partial charge in [0, 0.05) is 4.68 Å². The summed E-state index contributed by atoms with van der Waals surface area (Å²) in [6, 6.07) is 0.711. The molecular weight excluding hydrogens is 224 g/mol. The van der Waals surface area contributed by atoms with E-state index in [4.69, 9.17) is 0 Å². The number of H-pyrrole nitrogens is 1. The van der Waals surface area contributed by atoms with E-state index in [9.17, 15) is 20.2 Å². The average molecular weight is 226 g/mol. The van der Waals surface area contributed by atoms with Crippen LogP contribution in [0, 0.1) is 20.2 Å². The largest absolute Gasteiger partial charge is 0.420 e. The molecule has 12 heteroatoms. The number of rotatable bonds is 3. The fraction of sp³-hybridized carbons (Fsp3) is 0. The number of hydrogen-bond donors (Lipinski definition) is 1. The third-order valence-electron chi connectivity index (χ3n) is 1.59. The summed E-state index contributed by atoms with van der Waals surface area (Å²) in [4.78, 5) is 19.3. The molecule has 0 radical (unpaired) electrons. The van der Waals surface area contributed by atoms with Crippen molar-refractivity contribution in [3.8, 4) is 5.95 Å². The van der Waals surface area contributed by atoms with Crippen LogP contribution in [0.4, 0.5) is 11.6 Å². The quantitative estimate of drug-likeness (QED) is 0.525. The highest BCUT2D eigenvalue weighted by molar-refractivity contribution is 5.36. The van der Waals surface area contributed by atoms with Gasteiger partial charge in [-0.25, -0.2) is 5.10 Å². The molecule has 12 nitrogen and oxygen atoms in total. The van der Waals surface area contributed by atoms with E-state index in [0.717, 1.165) is 0 Å². The molecule has 2 aromatic rings. The SMILES string of the molecule is O=[N+]([O-])c1cc([N+](=O)[O-])n(-c2nnn[nH]2)n1. The molecule has 0 aliphatic rings. The van der Waals surface area contributed by atoms with Crippen LogP contribution in [0.2, 0.25) is 0 Å². The normalized spacial score (nSPS) is 10.2. The molecule has 0 aromatic carbocycles. The fourth-order valence-electron chi connectivity index (χ4n) is 0.978. The second kappa shape index (κ2) is 3.34. The van der Waals surface area contributed by atoms with Gasteiger partial charge in [0.15, 0.2) is 5.10 Å². The molecule has 2 heterocycles. The fourth-order valence-corrected chi connectivity index (χ4v) is 0.978. The minimum absolute atomic E-state index is 0.181. The van der Waals surface area contributed by atoms with Crippen LogP contribution in [0.15, 0.2) is 6.07 Å². The first-order valence-corrected chi connectivity index (χ1v) is 3.72. The summed E-state index contributed by atoms with van der Waals surface area (Å²) in [5.74, 6) is -1.45. The Balaban J connectivity index is 2.59. The van der Waals surface area contributed by atoms with Gasteiger partial charge in [0.2, 0.25) is 0 Å². The van der Waals surface area contributed by atoms with Crippen LogP contribution < -0.4 is 0 Å². The minimum Gasteiger partial charge on any atom is -0.358 e. The zero-order valence-electron chi connectivity index (χ0n) is 7.34. The zero-order valence-corrected chi connectivity index (χ0v) is 7.34. The van der Waals surface area contributed by atoms with Crippen molar-refractivity contribution in [2.45, 2.75) is 0 Å². The number of nitrogens with zero attached hydrogens (tertiary/aromatic N) is 7. The molecule has 16 heavy (non-hydrogen) atoms. The lowest BCUT2D eigenvalue weighted by Crippen LogP contribution is -2.04. The molecule has 0 aliphatic heterocycles. The summed E-state index contributed by atoms with van der Waals surface area (Å²) in [5.41, 5.74) is 0. The monoisotopic (exact) mass is 226 g/mol. The van der Waals surface area contributed by atoms with Crippen molar-refractivity contribution in [1.82, 2.24) is 30.4 Å². The second-order valence-electron chi connectivity index (χ2n) is 2.51. The number of aromatic nitrogens is 6. The second-order valence-corrected chi connectivity index (χ2v) is 2.51. The van der Waals surface area contributed by atoms with Crippen LogP contribution in [0.1, 0.15) is 0 Å². The molecule has 1 N–H and O–H groups in total. The third kappa shape index (κ3) is 1.43. The predicted molar refractivity (Wildman–Crippen MR) is 44.6 cm³/mol. The van der Waals surface area contributed by atoms with Crippen molar-refractivity contribution in [2.75, 3.05) is 0 Å².